The van der Waals surface area contributed by atoms with Crippen molar-refractivity contribution in [2.75, 3.05) is 5.32 Å². The largest absolute Gasteiger partial charge is 0.439 e. The van der Waals surface area contributed by atoms with Crippen molar-refractivity contribution in [3.05, 3.63) is 88.9 Å². The van der Waals surface area contributed by atoms with Gasteiger partial charge in [-0.05, 0) is 48.5 Å². The van der Waals surface area contributed by atoms with Gasteiger partial charge in [-0.3, -0.25) is 4.79 Å². The zero-order valence-electron chi connectivity index (χ0n) is 14.1. The summed E-state index contributed by atoms with van der Waals surface area (Å²) in [5.41, 5.74) is 1.04. The van der Waals surface area contributed by atoms with Crippen LogP contribution in [0.15, 0.2) is 83.3 Å². The van der Waals surface area contributed by atoms with Gasteiger partial charge >= 0.3 is 0 Å². The molecule has 0 saturated carbocycles. The molecule has 0 saturated heterocycles. The third-order valence-corrected chi connectivity index (χ3v) is 4.31. The van der Waals surface area contributed by atoms with Crippen LogP contribution in [-0.2, 0) is 0 Å². The molecule has 4 rings (SSSR count). The third-order valence-electron chi connectivity index (χ3n) is 3.82. The van der Waals surface area contributed by atoms with Gasteiger partial charge in [-0.1, -0.05) is 40.2 Å². The fourth-order valence-electron chi connectivity index (χ4n) is 2.54. The maximum atomic E-state index is 12.4. The number of nitrogens with one attached hydrogen (secondary N) is 1. The average Bonchev–Trinajstić information content (AvgIpc) is 2.68. The molecule has 0 atom stereocenters. The predicted octanol–water partition coefficient (Wildman–Crippen LogP) is 5.44. The number of ether oxygens (including phenoxy) is 1. The summed E-state index contributed by atoms with van der Waals surface area (Å²) in [7, 11) is 0. The molecule has 0 spiro atoms. The maximum Gasteiger partial charge on any atom is 0.256 e. The van der Waals surface area contributed by atoms with Crippen molar-refractivity contribution in [1.29, 1.82) is 0 Å². The molecule has 0 bridgehead atoms. The second-order valence-electron chi connectivity index (χ2n) is 5.77. The summed E-state index contributed by atoms with van der Waals surface area (Å²) in [6.45, 7) is 0. The highest BCUT2D eigenvalue weighted by Crippen LogP contribution is 2.22. The average molecular weight is 420 g/mol. The van der Waals surface area contributed by atoms with Crippen molar-refractivity contribution in [2.24, 2.45) is 0 Å². The van der Waals surface area contributed by atoms with Gasteiger partial charge in [-0.2, -0.15) is 4.98 Å². The lowest BCUT2D eigenvalue weighted by Gasteiger charge is -2.08. The van der Waals surface area contributed by atoms with E-state index in [4.69, 9.17) is 4.74 Å². The van der Waals surface area contributed by atoms with Crippen LogP contribution in [-0.4, -0.2) is 15.9 Å². The lowest BCUT2D eigenvalue weighted by atomic mass is 10.2. The monoisotopic (exact) mass is 419 g/mol. The van der Waals surface area contributed by atoms with Crippen LogP contribution >= 0.6 is 15.9 Å². The zero-order chi connectivity index (χ0) is 18.6. The van der Waals surface area contributed by atoms with E-state index < -0.39 is 0 Å². The number of para-hydroxylation sites is 1. The van der Waals surface area contributed by atoms with E-state index in [-0.39, 0.29) is 5.91 Å². The quantitative estimate of drug-likeness (QED) is 0.478. The molecule has 132 valence electrons. The van der Waals surface area contributed by atoms with Crippen LogP contribution in [0.5, 0.6) is 11.6 Å². The first-order valence-electron chi connectivity index (χ1n) is 8.25. The molecule has 27 heavy (non-hydrogen) atoms. The van der Waals surface area contributed by atoms with Crippen LogP contribution in [0.2, 0.25) is 0 Å². The molecule has 2 aromatic carbocycles. The number of carbonyl (C=O) groups excluding carboxylic acids is 1. The van der Waals surface area contributed by atoms with Crippen molar-refractivity contribution in [1.82, 2.24) is 9.97 Å². The second kappa shape index (κ2) is 7.55. The van der Waals surface area contributed by atoms with Gasteiger partial charge in [-0.25, -0.2) is 4.98 Å². The lowest BCUT2D eigenvalue weighted by molar-refractivity contribution is 0.102. The number of hydrogen-bond acceptors (Lipinski definition) is 4. The lowest BCUT2D eigenvalue weighted by Crippen LogP contribution is -2.13. The topological polar surface area (TPSA) is 64.1 Å². The minimum absolute atomic E-state index is 0.236. The smallest absolute Gasteiger partial charge is 0.256 e. The molecule has 0 radical (unpaired) electrons. The second-order valence-corrected chi connectivity index (χ2v) is 6.69. The summed E-state index contributed by atoms with van der Waals surface area (Å²) >= 11 is 3.36. The van der Waals surface area contributed by atoms with Crippen molar-refractivity contribution < 1.29 is 9.53 Å². The Hall–Kier alpha value is -3.25. The highest BCUT2D eigenvalue weighted by atomic mass is 79.9. The van der Waals surface area contributed by atoms with Crippen molar-refractivity contribution in [3.8, 4) is 11.6 Å². The van der Waals surface area contributed by atoms with Gasteiger partial charge in [-0.15, -0.1) is 0 Å². The molecule has 2 heterocycles. The molecule has 1 amide bonds. The molecule has 0 aliphatic rings. The first-order chi connectivity index (χ1) is 13.2. The van der Waals surface area contributed by atoms with Gasteiger partial charge in [0.15, 0.2) is 5.65 Å². The van der Waals surface area contributed by atoms with Crippen LogP contribution in [0.4, 0.5) is 5.82 Å². The Kier molecular flexibility index (Phi) is 4.80. The number of nitrogens with zero attached hydrogens (tertiary/aromatic N) is 2. The molecular weight excluding hydrogens is 406 g/mol. The van der Waals surface area contributed by atoms with E-state index in [0.29, 0.717) is 28.7 Å². The van der Waals surface area contributed by atoms with E-state index >= 15 is 0 Å². The molecular formula is C21H14BrN3O2. The van der Waals surface area contributed by atoms with Crippen LogP contribution < -0.4 is 10.1 Å². The van der Waals surface area contributed by atoms with Crippen molar-refractivity contribution in [2.45, 2.75) is 0 Å². The van der Waals surface area contributed by atoms with E-state index in [0.717, 1.165) is 9.86 Å². The summed E-state index contributed by atoms with van der Waals surface area (Å²) in [5, 5.41) is 3.65. The first kappa shape index (κ1) is 17.2. The summed E-state index contributed by atoms with van der Waals surface area (Å²) in [6.07, 6.45) is 0. The molecule has 1 N–H and O–H groups in total. The van der Waals surface area contributed by atoms with E-state index in [1.54, 1.807) is 24.3 Å². The van der Waals surface area contributed by atoms with Gasteiger partial charge in [0.2, 0.25) is 5.88 Å². The Bertz CT molecular complexity index is 1120. The molecule has 4 aromatic rings. The number of aromatic nitrogens is 2. The van der Waals surface area contributed by atoms with Gasteiger partial charge in [0, 0.05) is 21.5 Å². The molecule has 6 heteroatoms. The summed E-state index contributed by atoms with van der Waals surface area (Å²) in [6, 6.07) is 23.9. The number of carbonyl (C=O) groups is 1. The number of rotatable bonds is 4. The Morgan fingerprint density at radius 3 is 2.52 bits per heavy atom. The number of anilines is 1. The SMILES string of the molecule is O=C(Nc1ccc2ccc(Oc3ccccc3)nc2n1)c1cccc(Br)c1. The predicted molar refractivity (Wildman–Crippen MR) is 108 cm³/mol. The van der Waals surface area contributed by atoms with Gasteiger partial charge in [0.05, 0.1) is 0 Å². The minimum Gasteiger partial charge on any atom is -0.439 e. The first-order valence-corrected chi connectivity index (χ1v) is 9.04. The normalized spacial score (nSPS) is 10.6. The van der Waals surface area contributed by atoms with Gasteiger partial charge in [0.1, 0.15) is 11.6 Å². The number of fused-ring (bicyclic) bond motifs is 1. The fourth-order valence-corrected chi connectivity index (χ4v) is 2.93. The van der Waals surface area contributed by atoms with Crippen molar-refractivity contribution >= 4 is 38.7 Å². The maximum absolute atomic E-state index is 12.4. The van der Waals surface area contributed by atoms with E-state index in [2.05, 4.69) is 31.2 Å². The van der Waals surface area contributed by atoms with E-state index in [9.17, 15) is 4.79 Å². The molecule has 0 aliphatic heterocycles. The minimum atomic E-state index is -0.236. The van der Waals surface area contributed by atoms with Gasteiger partial charge in [0.25, 0.3) is 5.91 Å². The van der Waals surface area contributed by atoms with Crippen molar-refractivity contribution in [3.63, 3.8) is 0 Å². The summed E-state index contributed by atoms with van der Waals surface area (Å²) in [4.78, 5) is 21.3. The third kappa shape index (κ3) is 4.12. The highest BCUT2D eigenvalue weighted by molar-refractivity contribution is 9.10. The molecule has 0 aliphatic carbocycles. The highest BCUT2D eigenvalue weighted by Gasteiger charge is 2.09. The number of amides is 1. The van der Waals surface area contributed by atoms with Gasteiger partial charge < -0.3 is 10.1 Å². The van der Waals surface area contributed by atoms with Crippen LogP contribution in [0.3, 0.4) is 0 Å². The van der Waals surface area contributed by atoms with E-state index in [1.807, 2.05) is 54.6 Å². The molecule has 5 nitrogen and oxygen atoms in total. The van der Waals surface area contributed by atoms with Crippen LogP contribution in [0, 0.1) is 0 Å². The molecule has 0 unspecified atom stereocenters. The summed E-state index contributed by atoms with van der Waals surface area (Å²) in [5.74, 6) is 1.33. The Morgan fingerprint density at radius 1 is 0.889 bits per heavy atom. The fraction of sp³-hybridized carbons (Fsp3) is 0. The van der Waals surface area contributed by atoms with E-state index in [1.165, 1.54) is 0 Å². The summed E-state index contributed by atoms with van der Waals surface area (Å²) < 4.78 is 6.59. The molecule has 0 fully saturated rings. The Morgan fingerprint density at radius 2 is 1.70 bits per heavy atom. The molecule has 2 aromatic heterocycles. The number of halogens is 1. The Balaban J connectivity index is 1.58. The number of hydrogen-bond donors (Lipinski definition) is 1. The number of pyridine rings is 2. The van der Waals surface area contributed by atoms with Crippen LogP contribution in [0.1, 0.15) is 10.4 Å². The Labute approximate surface area is 164 Å². The zero-order valence-corrected chi connectivity index (χ0v) is 15.7. The standard InChI is InChI=1S/C21H14BrN3O2/c22-16-6-4-5-15(13-16)21(26)24-18-11-9-14-10-12-19(25-20(14)23-18)27-17-7-2-1-3-8-17/h1-13H,(H,23,24,25,26). The van der Waals surface area contributed by atoms with Crippen LogP contribution in [0.25, 0.3) is 11.0 Å². The number of benzene rings is 2.